The molecule has 0 aromatic carbocycles. The summed E-state index contributed by atoms with van der Waals surface area (Å²) in [6.45, 7) is 7.60. The normalized spacial score (nSPS) is 33.0. The minimum Gasteiger partial charge on any atom is -0.444 e. The first kappa shape index (κ1) is 12.7. The standard InChI is InChI=1S/C13H24N2O2/c1-12(2,3)17-11(16)15-13-7-5-4-6-10(13)8-14-9-13/h10,14H,4-9H2,1-3H3,(H,15,16)/t10?,13-/m1/s1. The van der Waals surface area contributed by atoms with Crippen LogP contribution in [0.25, 0.3) is 0 Å². The minimum atomic E-state index is -0.420. The van der Waals surface area contributed by atoms with Crippen LogP contribution in [0.2, 0.25) is 0 Å². The fourth-order valence-electron chi connectivity index (χ4n) is 3.03. The number of rotatable bonds is 1. The van der Waals surface area contributed by atoms with Crippen LogP contribution in [0.4, 0.5) is 4.79 Å². The van der Waals surface area contributed by atoms with Gasteiger partial charge in [0.05, 0.1) is 5.54 Å². The number of hydrogen-bond donors (Lipinski definition) is 2. The fraction of sp³-hybridized carbons (Fsp3) is 0.923. The largest absolute Gasteiger partial charge is 0.444 e. The molecule has 2 rings (SSSR count). The Kier molecular flexibility index (Phi) is 3.34. The summed E-state index contributed by atoms with van der Waals surface area (Å²) in [5, 5.41) is 6.53. The first-order valence-corrected chi connectivity index (χ1v) is 6.63. The summed E-state index contributed by atoms with van der Waals surface area (Å²) in [5.74, 6) is 0.573. The molecule has 0 aromatic rings. The number of hydrogen-bond acceptors (Lipinski definition) is 3. The zero-order valence-electron chi connectivity index (χ0n) is 11.1. The fourth-order valence-corrected chi connectivity index (χ4v) is 3.03. The SMILES string of the molecule is CC(C)(C)OC(=O)N[C@@]12CCCCC1CNC2. The van der Waals surface area contributed by atoms with Crippen LogP contribution in [0.3, 0.4) is 0 Å². The van der Waals surface area contributed by atoms with Gasteiger partial charge < -0.3 is 15.4 Å². The van der Waals surface area contributed by atoms with E-state index in [0.717, 1.165) is 19.5 Å². The Morgan fingerprint density at radius 2 is 2.18 bits per heavy atom. The van der Waals surface area contributed by atoms with Crippen molar-refractivity contribution in [1.82, 2.24) is 10.6 Å². The molecule has 98 valence electrons. The monoisotopic (exact) mass is 240 g/mol. The zero-order chi connectivity index (χ0) is 12.5. The van der Waals surface area contributed by atoms with E-state index in [9.17, 15) is 4.79 Å². The third kappa shape index (κ3) is 2.92. The van der Waals surface area contributed by atoms with E-state index >= 15 is 0 Å². The second-order valence-electron chi connectivity index (χ2n) is 6.36. The van der Waals surface area contributed by atoms with Gasteiger partial charge in [0.15, 0.2) is 0 Å². The van der Waals surface area contributed by atoms with Crippen LogP contribution in [0.15, 0.2) is 0 Å². The van der Waals surface area contributed by atoms with E-state index in [0.29, 0.717) is 5.92 Å². The molecule has 4 heteroatoms. The van der Waals surface area contributed by atoms with Gasteiger partial charge >= 0.3 is 6.09 Å². The van der Waals surface area contributed by atoms with E-state index in [-0.39, 0.29) is 11.6 Å². The van der Waals surface area contributed by atoms with Gasteiger partial charge in [-0.1, -0.05) is 12.8 Å². The molecule has 1 aliphatic heterocycles. The van der Waals surface area contributed by atoms with Gasteiger partial charge in [-0.15, -0.1) is 0 Å². The predicted molar refractivity (Wildman–Crippen MR) is 66.9 cm³/mol. The molecule has 1 saturated heterocycles. The summed E-state index contributed by atoms with van der Waals surface area (Å²) in [4.78, 5) is 11.9. The first-order chi connectivity index (χ1) is 7.91. The maximum atomic E-state index is 11.9. The van der Waals surface area contributed by atoms with Crippen molar-refractivity contribution in [1.29, 1.82) is 0 Å². The molecule has 0 radical (unpaired) electrons. The Morgan fingerprint density at radius 3 is 2.88 bits per heavy atom. The highest BCUT2D eigenvalue weighted by Crippen LogP contribution is 2.36. The van der Waals surface area contributed by atoms with Crippen LogP contribution in [0.1, 0.15) is 46.5 Å². The number of amides is 1. The van der Waals surface area contributed by atoms with Gasteiger partial charge in [0.1, 0.15) is 5.60 Å². The third-order valence-corrected chi connectivity index (χ3v) is 3.79. The second kappa shape index (κ2) is 4.48. The molecule has 0 spiro atoms. The van der Waals surface area contributed by atoms with Crippen molar-refractivity contribution in [2.24, 2.45) is 5.92 Å². The van der Waals surface area contributed by atoms with Crippen molar-refractivity contribution < 1.29 is 9.53 Å². The lowest BCUT2D eigenvalue weighted by Gasteiger charge is -2.39. The topological polar surface area (TPSA) is 50.4 Å². The highest BCUT2D eigenvalue weighted by Gasteiger charge is 2.45. The molecule has 2 atom stereocenters. The Labute approximate surface area is 103 Å². The molecule has 2 N–H and O–H groups in total. The van der Waals surface area contributed by atoms with Crippen LogP contribution in [-0.2, 0) is 4.74 Å². The number of ether oxygens (including phenoxy) is 1. The summed E-state index contributed by atoms with van der Waals surface area (Å²) in [7, 11) is 0. The van der Waals surface area contributed by atoms with Crippen molar-refractivity contribution in [3.8, 4) is 0 Å². The molecule has 1 heterocycles. The Morgan fingerprint density at radius 1 is 1.41 bits per heavy atom. The molecular weight excluding hydrogens is 216 g/mol. The van der Waals surface area contributed by atoms with Crippen molar-refractivity contribution in [2.45, 2.75) is 57.6 Å². The van der Waals surface area contributed by atoms with Crippen molar-refractivity contribution in [3.63, 3.8) is 0 Å². The molecule has 4 nitrogen and oxygen atoms in total. The van der Waals surface area contributed by atoms with Crippen LogP contribution in [-0.4, -0.2) is 30.3 Å². The van der Waals surface area contributed by atoms with Gasteiger partial charge in [-0.2, -0.15) is 0 Å². The maximum Gasteiger partial charge on any atom is 0.408 e. The number of nitrogens with one attached hydrogen (secondary N) is 2. The lowest BCUT2D eigenvalue weighted by molar-refractivity contribution is 0.0404. The van der Waals surface area contributed by atoms with E-state index in [1.165, 1.54) is 19.3 Å². The van der Waals surface area contributed by atoms with Crippen LogP contribution < -0.4 is 10.6 Å². The third-order valence-electron chi connectivity index (χ3n) is 3.79. The molecular formula is C13H24N2O2. The minimum absolute atomic E-state index is 0.0550. The number of carbonyl (C=O) groups is 1. The molecule has 2 fully saturated rings. The van der Waals surface area contributed by atoms with E-state index in [1.54, 1.807) is 0 Å². The molecule has 17 heavy (non-hydrogen) atoms. The second-order valence-corrected chi connectivity index (χ2v) is 6.36. The van der Waals surface area contributed by atoms with Gasteiger partial charge in [0.25, 0.3) is 0 Å². The number of alkyl carbamates (subject to hydrolysis) is 1. The Hall–Kier alpha value is -0.770. The quantitative estimate of drug-likeness (QED) is 0.737. The molecule has 1 unspecified atom stereocenters. The van der Waals surface area contributed by atoms with Crippen molar-refractivity contribution >= 4 is 6.09 Å². The average Bonchev–Trinajstić information content (AvgIpc) is 2.57. The van der Waals surface area contributed by atoms with Crippen LogP contribution in [0.5, 0.6) is 0 Å². The Balaban J connectivity index is 1.98. The zero-order valence-corrected chi connectivity index (χ0v) is 11.1. The molecule has 1 saturated carbocycles. The van der Waals surface area contributed by atoms with E-state index < -0.39 is 5.60 Å². The highest BCUT2D eigenvalue weighted by atomic mass is 16.6. The molecule has 1 amide bonds. The summed E-state index contributed by atoms with van der Waals surface area (Å²) in [5.41, 5.74) is -0.475. The van der Waals surface area contributed by atoms with Gasteiger partial charge in [-0.3, -0.25) is 0 Å². The summed E-state index contributed by atoms with van der Waals surface area (Å²) in [6, 6.07) is 0. The molecule has 2 aliphatic rings. The smallest absolute Gasteiger partial charge is 0.408 e. The van der Waals surface area contributed by atoms with Gasteiger partial charge in [0.2, 0.25) is 0 Å². The summed E-state index contributed by atoms with van der Waals surface area (Å²) < 4.78 is 5.37. The number of fused-ring (bicyclic) bond motifs is 1. The van der Waals surface area contributed by atoms with Gasteiger partial charge in [-0.25, -0.2) is 4.79 Å². The Bertz CT molecular complexity index is 298. The maximum absolute atomic E-state index is 11.9. The lowest BCUT2D eigenvalue weighted by Crippen LogP contribution is -2.56. The van der Waals surface area contributed by atoms with Gasteiger partial charge in [0, 0.05) is 13.1 Å². The average molecular weight is 240 g/mol. The van der Waals surface area contributed by atoms with E-state index in [4.69, 9.17) is 4.74 Å². The highest BCUT2D eigenvalue weighted by molar-refractivity contribution is 5.69. The van der Waals surface area contributed by atoms with Crippen LogP contribution >= 0.6 is 0 Å². The number of carbonyl (C=O) groups excluding carboxylic acids is 1. The summed E-state index contributed by atoms with van der Waals surface area (Å²) in [6.07, 6.45) is 4.50. The summed E-state index contributed by atoms with van der Waals surface area (Å²) >= 11 is 0. The lowest BCUT2D eigenvalue weighted by atomic mass is 9.75. The van der Waals surface area contributed by atoms with Crippen molar-refractivity contribution in [3.05, 3.63) is 0 Å². The molecule has 0 bridgehead atoms. The van der Waals surface area contributed by atoms with Crippen LogP contribution in [0, 0.1) is 5.92 Å². The predicted octanol–water partition coefficient (Wildman–Crippen LogP) is 2.04. The molecule has 1 aliphatic carbocycles. The first-order valence-electron chi connectivity index (χ1n) is 6.63. The van der Waals surface area contributed by atoms with Crippen molar-refractivity contribution in [2.75, 3.05) is 13.1 Å². The van der Waals surface area contributed by atoms with E-state index in [2.05, 4.69) is 10.6 Å². The molecule has 0 aromatic heterocycles. The van der Waals surface area contributed by atoms with E-state index in [1.807, 2.05) is 20.8 Å². The van der Waals surface area contributed by atoms with Gasteiger partial charge in [-0.05, 0) is 39.5 Å².